The molecule has 0 aromatic heterocycles. The van der Waals surface area contributed by atoms with Crippen molar-refractivity contribution in [2.45, 2.75) is 39.7 Å². The fourth-order valence-electron chi connectivity index (χ4n) is 1.77. The maximum absolute atomic E-state index is 13.0. The Kier molecular flexibility index (Phi) is 5.56. The van der Waals surface area contributed by atoms with E-state index in [9.17, 15) is 8.78 Å². The van der Waals surface area contributed by atoms with Crippen LogP contribution in [0.3, 0.4) is 0 Å². The number of benzene rings is 1. The molecule has 0 radical (unpaired) electrons. The number of hydrogen-bond acceptors (Lipinski definition) is 1. The average molecular weight is 241 g/mol. The molecule has 1 unspecified atom stereocenters. The molecule has 0 amide bonds. The van der Waals surface area contributed by atoms with Gasteiger partial charge in [0.25, 0.3) is 0 Å². The third-order valence-corrected chi connectivity index (χ3v) is 2.79. The van der Waals surface area contributed by atoms with Crippen molar-refractivity contribution in [1.82, 2.24) is 5.32 Å². The predicted octanol–water partition coefficient (Wildman–Crippen LogP) is 4.05. The van der Waals surface area contributed by atoms with E-state index in [4.69, 9.17) is 0 Å². The lowest BCUT2D eigenvalue weighted by atomic mass is 10.1. The van der Waals surface area contributed by atoms with E-state index >= 15 is 0 Å². The molecule has 17 heavy (non-hydrogen) atoms. The molecule has 1 aromatic rings. The van der Waals surface area contributed by atoms with Crippen LogP contribution in [0.4, 0.5) is 8.78 Å². The minimum Gasteiger partial charge on any atom is -0.310 e. The fraction of sp³-hybridized carbons (Fsp3) is 0.571. The molecule has 96 valence electrons. The third-order valence-electron chi connectivity index (χ3n) is 2.79. The van der Waals surface area contributed by atoms with E-state index in [-0.39, 0.29) is 6.04 Å². The molecule has 0 fully saturated rings. The van der Waals surface area contributed by atoms with Crippen molar-refractivity contribution in [2.75, 3.05) is 6.54 Å². The molecule has 0 saturated carbocycles. The Balaban J connectivity index is 2.43. The monoisotopic (exact) mass is 241 g/mol. The highest BCUT2D eigenvalue weighted by Crippen LogP contribution is 2.16. The van der Waals surface area contributed by atoms with Gasteiger partial charge < -0.3 is 5.32 Å². The summed E-state index contributed by atoms with van der Waals surface area (Å²) in [6.07, 6.45) is 2.25. The summed E-state index contributed by atoms with van der Waals surface area (Å²) in [6.45, 7) is 7.16. The highest BCUT2D eigenvalue weighted by Gasteiger charge is 2.07. The van der Waals surface area contributed by atoms with Crippen molar-refractivity contribution in [3.63, 3.8) is 0 Å². The summed E-state index contributed by atoms with van der Waals surface area (Å²) in [5.74, 6) is -0.342. The number of nitrogens with one attached hydrogen (secondary N) is 1. The Hall–Kier alpha value is -0.960. The SMILES string of the molecule is CC(C)CCCNC(C)c1cc(F)cc(F)c1. The van der Waals surface area contributed by atoms with Crippen LogP contribution in [0.5, 0.6) is 0 Å². The molecule has 1 N–H and O–H groups in total. The van der Waals surface area contributed by atoms with E-state index in [0.29, 0.717) is 11.5 Å². The third kappa shape index (κ3) is 5.26. The highest BCUT2D eigenvalue weighted by atomic mass is 19.1. The molecular weight excluding hydrogens is 220 g/mol. The maximum atomic E-state index is 13.0. The van der Waals surface area contributed by atoms with E-state index in [1.807, 2.05) is 6.92 Å². The molecule has 3 heteroatoms. The average Bonchev–Trinajstić information content (AvgIpc) is 2.22. The minimum absolute atomic E-state index is 0.0210. The largest absolute Gasteiger partial charge is 0.310 e. The first-order valence-electron chi connectivity index (χ1n) is 6.18. The summed E-state index contributed by atoms with van der Waals surface area (Å²) in [5.41, 5.74) is 0.659. The second-order valence-electron chi connectivity index (χ2n) is 4.91. The predicted molar refractivity (Wildman–Crippen MR) is 66.8 cm³/mol. The van der Waals surface area contributed by atoms with Gasteiger partial charge in [-0.05, 0) is 49.9 Å². The van der Waals surface area contributed by atoms with Gasteiger partial charge in [-0.25, -0.2) is 8.78 Å². The molecule has 0 aliphatic heterocycles. The van der Waals surface area contributed by atoms with Gasteiger partial charge in [0.15, 0.2) is 0 Å². The van der Waals surface area contributed by atoms with Crippen LogP contribution >= 0.6 is 0 Å². The smallest absolute Gasteiger partial charge is 0.126 e. The van der Waals surface area contributed by atoms with E-state index in [1.165, 1.54) is 12.1 Å². The van der Waals surface area contributed by atoms with Crippen molar-refractivity contribution < 1.29 is 8.78 Å². The molecule has 0 heterocycles. The van der Waals surface area contributed by atoms with Crippen LogP contribution in [0.2, 0.25) is 0 Å². The summed E-state index contributed by atoms with van der Waals surface area (Å²) in [4.78, 5) is 0. The molecule has 0 spiro atoms. The zero-order valence-corrected chi connectivity index (χ0v) is 10.8. The number of hydrogen-bond donors (Lipinski definition) is 1. The van der Waals surface area contributed by atoms with Crippen LogP contribution in [-0.4, -0.2) is 6.54 Å². The Bertz CT molecular complexity index is 330. The second kappa shape index (κ2) is 6.70. The van der Waals surface area contributed by atoms with Gasteiger partial charge in [-0.2, -0.15) is 0 Å². The first kappa shape index (κ1) is 14.1. The Morgan fingerprint density at radius 1 is 1.06 bits per heavy atom. The highest BCUT2D eigenvalue weighted by molar-refractivity contribution is 5.20. The van der Waals surface area contributed by atoms with Crippen LogP contribution in [-0.2, 0) is 0 Å². The lowest BCUT2D eigenvalue weighted by Crippen LogP contribution is -2.20. The Morgan fingerprint density at radius 3 is 2.18 bits per heavy atom. The van der Waals surface area contributed by atoms with Crippen molar-refractivity contribution in [2.24, 2.45) is 5.92 Å². The molecule has 0 aliphatic carbocycles. The molecule has 1 nitrogen and oxygen atoms in total. The van der Waals surface area contributed by atoms with Crippen molar-refractivity contribution in [3.05, 3.63) is 35.4 Å². The topological polar surface area (TPSA) is 12.0 Å². The van der Waals surface area contributed by atoms with Gasteiger partial charge in [-0.3, -0.25) is 0 Å². The summed E-state index contributed by atoms with van der Waals surface area (Å²) >= 11 is 0. The quantitative estimate of drug-likeness (QED) is 0.741. The zero-order chi connectivity index (χ0) is 12.8. The zero-order valence-electron chi connectivity index (χ0n) is 10.8. The molecule has 1 rings (SSSR count). The molecule has 1 atom stereocenters. The lowest BCUT2D eigenvalue weighted by molar-refractivity contribution is 0.493. The first-order valence-corrected chi connectivity index (χ1v) is 6.18. The van der Waals surface area contributed by atoms with Gasteiger partial charge in [0.05, 0.1) is 0 Å². The fourth-order valence-corrected chi connectivity index (χ4v) is 1.77. The molecular formula is C14H21F2N. The van der Waals surface area contributed by atoms with Crippen LogP contribution in [0, 0.1) is 17.6 Å². The molecule has 0 aliphatic rings. The van der Waals surface area contributed by atoms with Crippen LogP contribution in [0.1, 0.15) is 45.2 Å². The van der Waals surface area contributed by atoms with Crippen LogP contribution in [0.15, 0.2) is 18.2 Å². The summed E-state index contributed by atoms with van der Waals surface area (Å²) in [7, 11) is 0. The molecule has 0 saturated heterocycles. The Labute approximate surface area is 102 Å². The second-order valence-corrected chi connectivity index (χ2v) is 4.91. The molecule has 1 aromatic carbocycles. The maximum Gasteiger partial charge on any atom is 0.126 e. The first-order chi connectivity index (χ1) is 7.99. The number of rotatable bonds is 6. The van der Waals surface area contributed by atoms with E-state index in [1.54, 1.807) is 0 Å². The summed E-state index contributed by atoms with van der Waals surface area (Å²) in [5, 5.41) is 3.28. The standard InChI is InChI=1S/C14H21F2N/c1-10(2)5-4-6-17-11(3)12-7-13(15)9-14(16)8-12/h7-11,17H,4-6H2,1-3H3. The van der Waals surface area contributed by atoms with Gasteiger partial charge in [0.2, 0.25) is 0 Å². The van der Waals surface area contributed by atoms with Gasteiger partial charge in [-0.1, -0.05) is 13.8 Å². The minimum atomic E-state index is -0.518. The van der Waals surface area contributed by atoms with Crippen LogP contribution < -0.4 is 5.32 Å². The van der Waals surface area contributed by atoms with Crippen LogP contribution in [0.25, 0.3) is 0 Å². The lowest BCUT2D eigenvalue weighted by Gasteiger charge is -2.15. The van der Waals surface area contributed by atoms with Crippen molar-refractivity contribution in [3.8, 4) is 0 Å². The van der Waals surface area contributed by atoms with Gasteiger partial charge in [-0.15, -0.1) is 0 Å². The van der Waals surface area contributed by atoms with Gasteiger partial charge >= 0.3 is 0 Å². The summed E-state index contributed by atoms with van der Waals surface area (Å²) < 4.78 is 26.0. The Morgan fingerprint density at radius 2 is 1.65 bits per heavy atom. The summed E-state index contributed by atoms with van der Waals surface area (Å²) in [6, 6.07) is 3.63. The number of halogens is 2. The van der Waals surface area contributed by atoms with E-state index in [2.05, 4.69) is 19.2 Å². The molecule has 0 bridgehead atoms. The van der Waals surface area contributed by atoms with Gasteiger partial charge in [0, 0.05) is 12.1 Å². The van der Waals surface area contributed by atoms with Crippen molar-refractivity contribution >= 4 is 0 Å². The van der Waals surface area contributed by atoms with Crippen molar-refractivity contribution in [1.29, 1.82) is 0 Å². The van der Waals surface area contributed by atoms with Gasteiger partial charge in [0.1, 0.15) is 11.6 Å². The normalized spacial score (nSPS) is 13.1. The van der Waals surface area contributed by atoms with E-state index < -0.39 is 11.6 Å². The van der Waals surface area contributed by atoms with E-state index in [0.717, 1.165) is 25.5 Å².